The van der Waals surface area contributed by atoms with Crippen LogP contribution in [0.1, 0.15) is 0 Å². The number of aromatic nitrogens is 3. The first-order valence-corrected chi connectivity index (χ1v) is 5.20. The van der Waals surface area contributed by atoms with Crippen LogP contribution in [0.5, 0.6) is 0 Å². The lowest BCUT2D eigenvalue weighted by Crippen LogP contribution is -1.75. The number of hydrogen-bond acceptors (Lipinski definition) is 4. The van der Waals surface area contributed by atoms with Gasteiger partial charge in [-0.05, 0) is 11.5 Å². The molecule has 0 spiro atoms. The minimum absolute atomic E-state index is 0.883. The summed E-state index contributed by atoms with van der Waals surface area (Å²) >= 11 is 3.06. The van der Waals surface area contributed by atoms with Crippen LogP contribution in [0, 0.1) is 0 Å². The first kappa shape index (κ1) is 7.82. The first-order chi connectivity index (χ1) is 5.90. The van der Waals surface area contributed by atoms with E-state index in [0.717, 1.165) is 21.3 Å². The fraction of sp³-hybridized carbons (Fsp3) is 0.143. The fourth-order valence-corrected chi connectivity index (χ4v) is 2.10. The number of hydrogen-bond donors (Lipinski definition) is 1. The molecule has 0 saturated heterocycles. The summed E-state index contributed by atoms with van der Waals surface area (Å²) in [6.07, 6.45) is 3.66. The second kappa shape index (κ2) is 3.28. The van der Waals surface area contributed by atoms with Crippen molar-refractivity contribution in [3.63, 3.8) is 0 Å². The molecule has 0 aromatic carbocycles. The van der Waals surface area contributed by atoms with Gasteiger partial charge in [0.05, 0.1) is 11.7 Å². The van der Waals surface area contributed by atoms with Gasteiger partial charge in [0, 0.05) is 5.75 Å². The third kappa shape index (κ3) is 1.37. The Balaban J connectivity index is 2.26. The monoisotopic (exact) mass is 197 g/mol. The van der Waals surface area contributed by atoms with Gasteiger partial charge >= 0.3 is 0 Å². The summed E-state index contributed by atoms with van der Waals surface area (Å²) in [5, 5.41) is 0.943. The molecule has 0 amide bonds. The van der Waals surface area contributed by atoms with Crippen LogP contribution in [0.25, 0.3) is 10.3 Å². The van der Waals surface area contributed by atoms with Crippen LogP contribution in [0.2, 0.25) is 0 Å². The minimum atomic E-state index is 0.883. The maximum absolute atomic E-state index is 4.33. The molecule has 0 bridgehead atoms. The van der Waals surface area contributed by atoms with Crippen LogP contribution in [0.3, 0.4) is 0 Å². The van der Waals surface area contributed by atoms with Gasteiger partial charge in [-0.25, -0.2) is 4.98 Å². The lowest BCUT2D eigenvalue weighted by molar-refractivity contribution is 1.08. The quantitative estimate of drug-likeness (QED) is 0.606. The maximum Gasteiger partial charge on any atom is 0.167 e. The number of fused-ring (bicyclic) bond motifs is 1. The number of rotatable bonds is 3. The van der Waals surface area contributed by atoms with Gasteiger partial charge in [-0.1, -0.05) is 17.8 Å². The highest BCUT2D eigenvalue weighted by Crippen LogP contribution is 2.21. The molecule has 1 N–H and O–H groups in total. The van der Waals surface area contributed by atoms with Gasteiger partial charge in [0.2, 0.25) is 0 Å². The molecule has 0 unspecified atom stereocenters. The normalized spacial score (nSPS) is 10.7. The van der Waals surface area contributed by atoms with Gasteiger partial charge in [-0.15, -0.1) is 6.58 Å². The lowest BCUT2D eigenvalue weighted by Gasteiger charge is -1.88. The molecule has 62 valence electrons. The molecule has 0 saturated carbocycles. The van der Waals surface area contributed by atoms with E-state index in [1.54, 1.807) is 18.0 Å². The Bertz CT molecular complexity index is 361. The van der Waals surface area contributed by atoms with Gasteiger partial charge < -0.3 is 4.98 Å². The van der Waals surface area contributed by atoms with Crippen molar-refractivity contribution in [2.75, 3.05) is 5.75 Å². The highest BCUT2D eigenvalue weighted by Gasteiger charge is 2.03. The SMILES string of the molecule is C=CCSc1nc2sncc2[nH]1. The summed E-state index contributed by atoms with van der Waals surface area (Å²) in [5.74, 6) is 0.883. The standard InChI is InChI=1S/C7H7N3S2/c1-2-3-11-7-9-5-4-8-12-6(5)10-7/h2,4H,1,3H2,(H,9,10). The second-order valence-electron chi connectivity index (χ2n) is 2.19. The van der Waals surface area contributed by atoms with E-state index < -0.39 is 0 Å². The van der Waals surface area contributed by atoms with E-state index >= 15 is 0 Å². The van der Waals surface area contributed by atoms with Crippen molar-refractivity contribution in [2.24, 2.45) is 0 Å². The molecule has 0 aliphatic rings. The van der Waals surface area contributed by atoms with Gasteiger partial charge in [-0.3, -0.25) is 0 Å². The van der Waals surface area contributed by atoms with Gasteiger partial charge in [0.25, 0.3) is 0 Å². The molecular formula is C7H7N3S2. The molecular weight excluding hydrogens is 190 g/mol. The zero-order chi connectivity index (χ0) is 8.39. The molecule has 3 nitrogen and oxygen atoms in total. The topological polar surface area (TPSA) is 41.6 Å². The Morgan fingerprint density at radius 3 is 3.42 bits per heavy atom. The highest BCUT2D eigenvalue weighted by molar-refractivity contribution is 7.99. The van der Waals surface area contributed by atoms with Crippen molar-refractivity contribution in [3.8, 4) is 0 Å². The molecule has 0 aliphatic carbocycles. The average Bonchev–Trinajstić information content (AvgIpc) is 2.58. The Kier molecular flexibility index (Phi) is 2.14. The van der Waals surface area contributed by atoms with Crippen LogP contribution in [0.4, 0.5) is 0 Å². The number of nitrogens with zero attached hydrogens (tertiary/aromatic N) is 2. The smallest absolute Gasteiger partial charge is 0.167 e. The Morgan fingerprint density at radius 2 is 2.67 bits per heavy atom. The van der Waals surface area contributed by atoms with Crippen molar-refractivity contribution in [3.05, 3.63) is 18.9 Å². The molecule has 0 fully saturated rings. The van der Waals surface area contributed by atoms with Gasteiger partial charge in [-0.2, -0.15) is 4.37 Å². The highest BCUT2D eigenvalue weighted by atomic mass is 32.2. The van der Waals surface area contributed by atoms with Crippen LogP contribution in [-0.2, 0) is 0 Å². The number of H-pyrrole nitrogens is 1. The summed E-state index contributed by atoms with van der Waals surface area (Å²) < 4.78 is 4.00. The Hall–Kier alpha value is -0.810. The predicted octanol–water partition coefficient (Wildman–Crippen LogP) is 2.30. The van der Waals surface area contributed by atoms with Crippen molar-refractivity contribution in [1.29, 1.82) is 0 Å². The van der Waals surface area contributed by atoms with E-state index in [2.05, 4.69) is 20.9 Å². The van der Waals surface area contributed by atoms with Gasteiger partial charge in [0.1, 0.15) is 0 Å². The van der Waals surface area contributed by atoms with Crippen LogP contribution >= 0.6 is 23.3 Å². The zero-order valence-electron chi connectivity index (χ0n) is 6.28. The molecule has 0 radical (unpaired) electrons. The molecule has 0 atom stereocenters. The third-order valence-corrected chi connectivity index (χ3v) is 2.90. The second-order valence-corrected chi connectivity index (χ2v) is 3.98. The summed E-state index contributed by atoms with van der Waals surface area (Å²) in [4.78, 5) is 8.46. The Morgan fingerprint density at radius 1 is 1.75 bits per heavy atom. The van der Waals surface area contributed by atoms with Crippen LogP contribution < -0.4 is 0 Å². The summed E-state index contributed by atoms with van der Waals surface area (Å²) in [6, 6.07) is 0. The number of nitrogens with one attached hydrogen (secondary N) is 1. The number of aromatic amines is 1. The molecule has 2 aromatic rings. The van der Waals surface area contributed by atoms with E-state index in [1.807, 2.05) is 6.08 Å². The van der Waals surface area contributed by atoms with E-state index in [9.17, 15) is 0 Å². The van der Waals surface area contributed by atoms with E-state index in [-0.39, 0.29) is 0 Å². The summed E-state index contributed by atoms with van der Waals surface area (Å²) in [7, 11) is 0. The van der Waals surface area contributed by atoms with Crippen molar-refractivity contribution in [1.82, 2.24) is 14.3 Å². The van der Waals surface area contributed by atoms with Crippen molar-refractivity contribution < 1.29 is 0 Å². The third-order valence-electron chi connectivity index (χ3n) is 1.33. The zero-order valence-corrected chi connectivity index (χ0v) is 7.91. The molecule has 2 heterocycles. The van der Waals surface area contributed by atoms with Crippen LogP contribution in [-0.4, -0.2) is 20.1 Å². The van der Waals surface area contributed by atoms with Gasteiger partial charge in [0.15, 0.2) is 9.99 Å². The average molecular weight is 197 g/mol. The largest absolute Gasteiger partial charge is 0.331 e. The van der Waals surface area contributed by atoms with Crippen molar-refractivity contribution >= 4 is 33.6 Å². The molecule has 12 heavy (non-hydrogen) atoms. The summed E-state index contributed by atoms with van der Waals surface area (Å²) in [5.41, 5.74) is 1.02. The minimum Gasteiger partial charge on any atom is -0.331 e. The van der Waals surface area contributed by atoms with E-state index in [0.29, 0.717) is 0 Å². The summed E-state index contributed by atoms with van der Waals surface area (Å²) in [6.45, 7) is 3.65. The lowest BCUT2D eigenvalue weighted by atomic mass is 10.7. The predicted molar refractivity (Wildman–Crippen MR) is 52.7 cm³/mol. The fourth-order valence-electron chi connectivity index (χ4n) is 0.841. The molecule has 0 aliphatic heterocycles. The van der Waals surface area contributed by atoms with Crippen LogP contribution in [0.15, 0.2) is 24.0 Å². The molecule has 2 rings (SSSR count). The van der Waals surface area contributed by atoms with Crippen molar-refractivity contribution in [2.45, 2.75) is 5.16 Å². The van der Waals surface area contributed by atoms with E-state index in [4.69, 9.17) is 0 Å². The number of imidazole rings is 1. The Labute approximate surface area is 78.1 Å². The maximum atomic E-state index is 4.33. The molecule has 5 heteroatoms. The first-order valence-electron chi connectivity index (χ1n) is 3.44. The number of thioether (sulfide) groups is 1. The van der Waals surface area contributed by atoms with E-state index in [1.165, 1.54) is 11.5 Å². The molecule has 2 aromatic heterocycles.